The number of fused-ring (bicyclic) bond motifs is 1. The van der Waals surface area contributed by atoms with E-state index in [1.807, 2.05) is 20.8 Å². The van der Waals surface area contributed by atoms with Gasteiger partial charge in [-0.3, -0.25) is 0 Å². The number of aromatic nitrogens is 3. The highest BCUT2D eigenvalue weighted by Gasteiger charge is 2.32. The second-order valence-electron chi connectivity index (χ2n) is 9.09. The average molecular weight is 527 g/mol. The summed E-state index contributed by atoms with van der Waals surface area (Å²) in [6.07, 6.45) is 5.62. The van der Waals surface area contributed by atoms with Gasteiger partial charge in [0, 0.05) is 54.7 Å². The van der Waals surface area contributed by atoms with Gasteiger partial charge >= 0.3 is 6.09 Å². The normalized spacial score (nSPS) is 21.3. The average Bonchev–Trinajstić information content (AvgIpc) is 3.04. The van der Waals surface area contributed by atoms with Gasteiger partial charge in [0.25, 0.3) is 0 Å². The van der Waals surface area contributed by atoms with Crippen molar-refractivity contribution in [2.75, 3.05) is 37.7 Å². The highest BCUT2D eigenvalue weighted by atomic mass is 127. The number of hydrogen-bond donors (Lipinski definition) is 0. The van der Waals surface area contributed by atoms with E-state index in [0.29, 0.717) is 25.7 Å². The van der Waals surface area contributed by atoms with Crippen molar-refractivity contribution >= 4 is 45.5 Å². The predicted molar refractivity (Wildman–Crippen MR) is 124 cm³/mol. The molecular weight excluding hydrogens is 497 g/mol. The van der Waals surface area contributed by atoms with E-state index < -0.39 is 5.60 Å². The molecule has 4 heterocycles. The fourth-order valence-corrected chi connectivity index (χ4v) is 5.03. The zero-order valence-corrected chi connectivity index (χ0v) is 20.3. The molecule has 0 unspecified atom stereocenters. The Balaban J connectivity index is 1.58. The first-order chi connectivity index (χ1) is 14.2. The Bertz CT molecular complexity index is 919. The molecule has 4 rings (SSSR count). The highest BCUT2D eigenvalue weighted by molar-refractivity contribution is 14.1. The molecule has 1 amide bonds. The van der Waals surface area contributed by atoms with Crippen LogP contribution in [-0.4, -0.2) is 70.0 Å². The first-order valence-electron chi connectivity index (χ1n) is 10.6. The number of halogens is 1. The van der Waals surface area contributed by atoms with Gasteiger partial charge in [0.15, 0.2) is 0 Å². The van der Waals surface area contributed by atoms with Crippen molar-refractivity contribution in [1.82, 2.24) is 19.4 Å². The summed E-state index contributed by atoms with van der Waals surface area (Å²) in [6.45, 7) is 11.3. The van der Waals surface area contributed by atoms with Crippen LogP contribution in [0.25, 0.3) is 11.0 Å². The molecule has 1 atom stereocenters. The third kappa shape index (κ3) is 4.37. The molecule has 9 heteroatoms. The van der Waals surface area contributed by atoms with E-state index in [4.69, 9.17) is 9.47 Å². The first kappa shape index (κ1) is 21.6. The lowest BCUT2D eigenvalue weighted by atomic mass is 10.1. The summed E-state index contributed by atoms with van der Waals surface area (Å²) < 4.78 is 14.5. The van der Waals surface area contributed by atoms with Crippen molar-refractivity contribution in [2.45, 2.75) is 58.2 Å². The van der Waals surface area contributed by atoms with Crippen LogP contribution >= 0.6 is 22.6 Å². The summed E-state index contributed by atoms with van der Waals surface area (Å²) in [5.74, 6) is 0.951. The third-order valence-corrected chi connectivity index (χ3v) is 6.50. The van der Waals surface area contributed by atoms with Gasteiger partial charge in [0.1, 0.15) is 23.4 Å². The summed E-state index contributed by atoms with van der Waals surface area (Å²) in [4.78, 5) is 25.9. The van der Waals surface area contributed by atoms with Crippen molar-refractivity contribution in [3.63, 3.8) is 0 Å². The molecule has 0 spiro atoms. The van der Waals surface area contributed by atoms with Crippen LogP contribution in [0.2, 0.25) is 0 Å². The Morgan fingerprint density at radius 1 is 1.23 bits per heavy atom. The molecule has 2 aliphatic rings. The standard InChI is InChI=1S/C21H30IN5O3/c1-14-11-25(20(28)30-21(2,3)4)7-8-26(14)18-17-16(22)12-27(19(17)24-13-23-18)15-5-9-29-10-6-15/h12-15H,5-11H2,1-4H3/t14-/m0/s1. The van der Waals surface area contributed by atoms with Gasteiger partial charge in [-0.2, -0.15) is 0 Å². The van der Waals surface area contributed by atoms with Crippen molar-refractivity contribution in [1.29, 1.82) is 0 Å². The van der Waals surface area contributed by atoms with Crippen LogP contribution in [0, 0.1) is 3.57 Å². The Labute approximate surface area is 191 Å². The molecular formula is C21H30IN5O3. The summed E-state index contributed by atoms with van der Waals surface area (Å²) in [7, 11) is 0. The summed E-state index contributed by atoms with van der Waals surface area (Å²) in [5.41, 5.74) is 0.498. The van der Waals surface area contributed by atoms with Crippen LogP contribution in [0.5, 0.6) is 0 Å². The van der Waals surface area contributed by atoms with Gasteiger partial charge in [-0.1, -0.05) is 0 Å². The van der Waals surface area contributed by atoms with Crippen LogP contribution < -0.4 is 4.90 Å². The van der Waals surface area contributed by atoms with Gasteiger partial charge in [0.05, 0.1) is 5.39 Å². The fourth-order valence-electron chi connectivity index (χ4n) is 4.25. The van der Waals surface area contributed by atoms with Crippen molar-refractivity contribution in [3.05, 3.63) is 16.1 Å². The molecule has 2 aromatic heterocycles. The van der Waals surface area contributed by atoms with Crippen molar-refractivity contribution in [3.8, 4) is 0 Å². The number of carbonyl (C=O) groups is 1. The van der Waals surface area contributed by atoms with Gasteiger partial charge in [-0.15, -0.1) is 0 Å². The van der Waals surface area contributed by atoms with E-state index in [9.17, 15) is 4.79 Å². The number of rotatable bonds is 2. The highest BCUT2D eigenvalue weighted by Crippen LogP contribution is 2.35. The maximum absolute atomic E-state index is 12.5. The number of hydrogen-bond acceptors (Lipinski definition) is 6. The molecule has 0 N–H and O–H groups in total. The number of amides is 1. The van der Waals surface area contributed by atoms with Crippen LogP contribution in [0.4, 0.5) is 10.6 Å². The van der Waals surface area contributed by atoms with E-state index in [1.54, 1.807) is 11.2 Å². The van der Waals surface area contributed by atoms with E-state index in [2.05, 4.69) is 55.1 Å². The second-order valence-corrected chi connectivity index (χ2v) is 10.3. The zero-order valence-electron chi connectivity index (χ0n) is 18.1. The Hall–Kier alpha value is -1.62. The zero-order chi connectivity index (χ0) is 21.5. The van der Waals surface area contributed by atoms with Crippen LogP contribution in [0.15, 0.2) is 12.5 Å². The largest absolute Gasteiger partial charge is 0.444 e. The lowest BCUT2D eigenvalue weighted by Gasteiger charge is -2.41. The molecule has 0 saturated carbocycles. The summed E-state index contributed by atoms with van der Waals surface area (Å²) >= 11 is 2.39. The smallest absolute Gasteiger partial charge is 0.410 e. The Morgan fingerprint density at radius 2 is 1.97 bits per heavy atom. The molecule has 30 heavy (non-hydrogen) atoms. The topological polar surface area (TPSA) is 72.7 Å². The number of carbonyl (C=O) groups excluding carboxylic acids is 1. The lowest BCUT2D eigenvalue weighted by molar-refractivity contribution is 0.0218. The second kappa shape index (κ2) is 8.49. The molecule has 2 fully saturated rings. The molecule has 0 bridgehead atoms. The van der Waals surface area contributed by atoms with Gasteiger partial charge in [-0.25, -0.2) is 14.8 Å². The molecule has 0 aromatic carbocycles. The van der Waals surface area contributed by atoms with Gasteiger partial charge < -0.3 is 23.8 Å². The molecule has 0 radical (unpaired) electrons. The molecule has 2 aliphatic heterocycles. The van der Waals surface area contributed by atoms with Gasteiger partial charge in [0.2, 0.25) is 0 Å². The fraction of sp³-hybridized carbons (Fsp3) is 0.667. The first-order valence-corrected chi connectivity index (χ1v) is 11.7. The van der Waals surface area contributed by atoms with E-state index >= 15 is 0 Å². The molecule has 0 aliphatic carbocycles. The predicted octanol–water partition coefficient (Wildman–Crippen LogP) is 3.83. The van der Waals surface area contributed by atoms with Crippen LogP contribution in [-0.2, 0) is 9.47 Å². The molecule has 2 saturated heterocycles. The van der Waals surface area contributed by atoms with E-state index in [-0.39, 0.29) is 12.1 Å². The minimum Gasteiger partial charge on any atom is -0.444 e. The van der Waals surface area contributed by atoms with Gasteiger partial charge in [-0.05, 0) is 63.1 Å². The Morgan fingerprint density at radius 3 is 2.63 bits per heavy atom. The molecule has 8 nitrogen and oxygen atoms in total. The summed E-state index contributed by atoms with van der Waals surface area (Å²) in [6, 6.07) is 0.542. The van der Waals surface area contributed by atoms with Crippen LogP contribution in [0.1, 0.15) is 46.6 Å². The van der Waals surface area contributed by atoms with E-state index in [1.165, 1.54) is 0 Å². The molecule has 2 aromatic rings. The third-order valence-electron chi connectivity index (χ3n) is 5.68. The minimum atomic E-state index is -0.487. The maximum Gasteiger partial charge on any atom is 0.410 e. The number of ether oxygens (including phenoxy) is 2. The SMILES string of the molecule is C[C@H]1CN(C(=O)OC(C)(C)C)CCN1c1ncnc2c1c(I)cn2C1CCOCC1. The van der Waals surface area contributed by atoms with Crippen molar-refractivity contribution in [2.24, 2.45) is 0 Å². The quantitative estimate of drug-likeness (QED) is 0.553. The van der Waals surface area contributed by atoms with Crippen molar-refractivity contribution < 1.29 is 14.3 Å². The maximum atomic E-state index is 12.5. The lowest BCUT2D eigenvalue weighted by Crippen LogP contribution is -2.54. The Kier molecular flexibility index (Phi) is 6.11. The number of nitrogens with zero attached hydrogens (tertiary/aromatic N) is 5. The molecule has 164 valence electrons. The van der Waals surface area contributed by atoms with Crippen LogP contribution in [0.3, 0.4) is 0 Å². The van der Waals surface area contributed by atoms with E-state index in [0.717, 1.165) is 46.5 Å². The monoisotopic (exact) mass is 527 g/mol. The summed E-state index contributed by atoms with van der Waals surface area (Å²) in [5, 5.41) is 1.10. The minimum absolute atomic E-state index is 0.131. The number of anilines is 1. The number of piperazine rings is 1.